The van der Waals surface area contributed by atoms with Crippen LogP contribution in [0.5, 0.6) is 11.5 Å². The molecule has 1 aliphatic carbocycles. The lowest BCUT2D eigenvalue weighted by atomic mass is 9.84. The number of nitrogens with one attached hydrogen (secondary N) is 2. The third-order valence-corrected chi connectivity index (χ3v) is 5.24. The van der Waals surface area contributed by atoms with E-state index >= 15 is 0 Å². The van der Waals surface area contributed by atoms with E-state index in [2.05, 4.69) is 21.5 Å². The Hall–Kier alpha value is -2.88. The van der Waals surface area contributed by atoms with Crippen LogP contribution in [0.4, 0.5) is 0 Å². The maximum absolute atomic E-state index is 12.7. The zero-order chi connectivity index (χ0) is 21.3. The monoisotopic (exact) mass is 400 g/mol. The van der Waals surface area contributed by atoms with Gasteiger partial charge >= 0.3 is 0 Å². The molecule has 1 fully saturated rings. The van der Waals surface area contributed by atoms with Gasteiger partial charge in [0.1, 0.15) is 6.61 Å². The van der Waals surface area contributed by atoms with E-state index in [4.69, 9.17) is 15.9 Å². The van der Waals surface area contributed by atoms with Crippen molar-refractivity contribution in [1.29, 1.82) is 0 Å². The number of nitrogens with zero attached hydrogens (tertiary/aromatic N) is 2. The summed E-state index contributed by atoms with van der Waals surface area (Å²) in [5, 5.41) is 6.63. The van der Waals surface area contributed by atoms with Gasteiger partial charge in [0.2, 0.25) is 5.91 Å². The summed E-state index contributed by atoms with van der Waals surface area (Å²) in [7, 11) is 6.95. The van der Waals surface area contributed by atoms with Gasteiger partial charge in [-0.15, -0.1) is 6.42 Å². The highest BCUT2D eigenvalue weighted by atomic mass is 16.5. The zero-order valence-electron chi connectivity index (χ0n) is 17.9. The topological polar surface area (TPSA) is 75.2 Å². The van der Waals surface area contributed by atoms with Gasteiger partial charge in [-0.2, -0.15) is 0 Å². The van der Waals surface area contributed by atoms with Crippen molar-refractivity contribution >= 4 is 11.9 Å². The molecule has 0 radical (unpaired) electrons. The second-order valence-corrected chi connectivity index (χ2v) is 7.44. The minimum Gasteiger partial charge on any atom is -0.493 e. The van der Waals surface area contributed by atoms with E-state index in [1.54, 1.807) is 19.1 Å². The van der Waals surface area contributed by atoms with E-state index in [1.807, 2.05) is 32.3 Å². The minimum absolute atomic E-state index is 0.179. The van der Waals surface area contributed by atoms with Crippen molar-refractivity contribution in [3.8, 4) is 23.8 Å². The molecule has 0 aromatic heterocycles. The lowest BCUT2D eigenvalue weighted by Crippen LogP contribution is -2.49. The molecule has 2 rings (SSSR count). The fourth-order valence-corrected chi connectivity index (χ4v) is 3.71. The van der Waals surface area contributed by atoms with Crippen LogP contribution in [0.15, 0.2) is 23.2 Å². The molecule has 2 N–H and O–H groups in total. The van der Waals surface area contributed by atoms with E-state index in [0.29, 0.717) is 30.5 Å². The van der Waals surface area contributed by atoms with Crippen LogP contribution in [-0.2, 0) is 11.3 Å². The van der Waals surface area contributed by atoms with Crippen LogP contribution in [0.3, 0.4) is 0 Å². The van der Waals surface area contributed by atoms with E-state index in [1.165, 1.54) is 0 Å². The van der Waals surface area contributed by atoms with Crippen molar-refractivity contribution < 1.29 is 14.3 Å². The molecule has 0 saturated heterocycles. The Labute approximate surface area is 173 Å². The van der Waals surface area contributed by atoms with Gasteiger partial charge in [0.25, 0.3) is 0 Å². The summed E-state index contributed by atoms with van der Waals surface area (Å²) in [6.45, 7) is 1.30. The van der Waals surface area contributed by atoms with Crippen molar-refractivity contribution in [2.45, 2.75) is 32.2 Å². The average Bonchev–Trinajstić information content (AvgIpc) is 3.21. The highest BCUT2D eigenvalue weighted by Crippen LogP contribution is 2.38. The summed E-state index contributed by atoms with van der Waals surface area (Å²) < 4.78 is 10.9. The molecule has 0 unspecified atom stereocenters. The Morgan fingerprint density at radius 1 is 1.28 bits per heavy atom. The number of amides is 1. The third-order valence-electron chi connectivity index (χ3n) is 5.24. The first-order chi connectivity index (χ1) is 14.0. The molecule has 1 aromatic rings. The van der Waals surface area contributed by atoms with Gasteiger partial charge in [-0.05, 0) is 30.5 Å². The van der Waals surface area contributed by atoms with Crippen molar-refractivity contribution in [1.82, 2.24) is 15.5 Å². The lowest BCUT2D eigenvalue weighted by molar-refractivity contribution is -0.138. The van der Waals surface area contributed by atoms with E-state index in [-0.39, 0.29) is 17.9 Å². The Morgan fingerprint density at radius 3 is 2.59 bits per heavy atom. The van der Waals surface area contributed by atoms with Gasteiger partial charge in [0.15, 0.2) is 17.5 Å². The SMILES string of the molecule is C#CCOc1cc(CNC(=NC)NCC2(C(=O)N(C)C)CCCC2)ccc1OC. The highest BCUT2D eigenvalue weighted by Gasteiger charge is 2.42. The van der Waals surface area contributed by atoms with E-state index in [9.17, 15) is 4.79 Å². The second-order valence-electron chi connectivity index (χ2n) is 7.44. The molecular weight excluding hydrogens is 368 g/mol. The van der Waals surface area contributed by atoms with Crippen LogP contribution in [0.1, 0.15) is 31.2 Å². The summed E-state index contributed by atoms with van der Waals surface area (Å²) in [5.41, 5.74) is 0.651. The summed E-state index contributed by atoms with van der Waals surface area (Å²) in [4.78, 5) is 18.7. The van der Waals surface area contributed by atoms with Gasteiger partial charge in [0.05, 0.1) is 12.5 Å². The molecule has 0 spiro atoms. The standard InChI is InChI=1S/C22H32N4O3/c1-6-13-29-19-14-17(9-10-18(19)28-5)15-24-21(23-2)25-16-22(11-7-8-12-22)20(27)26(3)4/h1,9-10,14H,7-8,11-13,15-16H2,2-5H3,(H2,23,24,25). The normalized spacial score (nSPS) is 15.3. The number of hydrogen-bond acceptors (Lipinski definition) is 4. The Bertz CT molecular complexity index is 762. The number of ether oxygens (including phenoxy) is 2. The van der Waals surface area contributed by atoms with E-state index in [0.717, 1.165) is 31.2 Å². The van der Waals surface area contributed by atoms with Crippen LogP contribution >= 0.6 is 0 Å². The number of carbonyl (C=O) groups is 1. The minimum atomic E-state index is -0.350. The Morgan fingerprint density at radius 2 is 2.00 bits per heavy atom. The predicted octanol–water partition coefficient (Wildman–Crippen LogP) is 2.02. The molecule has 1 aromatic carbocycles. The summed E-state index contributed by atoms with van der Waals surface area (Å²) in [6, 6.07) is 5.70. The molecule has 0 heterocycles. The average molecular weight is 401 g/mol. The van der Waals surface area contributed by atoms with Crippen molar-refractivity contribution in [2.24, 2.45) is 10.4 Å². The summed E-state index contributed by atoms with van der Waals surface area (Å²) >= 11 is 0. The number of guanidine groups is 1. The number of rotatable bonds is 8. The molecule has 1 saturated carbocycles. The number of benzene rings is 1. The van der Waals surface area contributed by atoms with Crippen LogP contribution in [-0.4, -0.2) is 58.2 Å². The fraction of sp³-hybridized carbons (Fsp3) is 0.545. The van der Waals surface area contributed by atoms with Crippen LogP contribution in [0.2, 0.25) is 0 Å². The van der Waals surface area contributed by atoms with E-state index < -0.39 is 0 Å². The predicted molar refractivity (Wildman–Crippen MR) is 115 cm³/mol. The highest BCUT2D eigenvalue weighted by molar-refractivity contribution is 5.85. The number of carbonyl (C=O) groups excluding carboxylic acids is 1. The Balaban J connectivity index is 1.98. The fourth-order valence-electron chi connectivity index (χ4n) is 3.71. The molecule has 158 valence electrons. The van der Waals surface area contributed by atoms with Gasteiger partial charge in [-0.25, -0.2) is 0 Å². The van der Waals surface area contributed by atoms with Crippen LogP contribution < -0.4 is 20.1 Å². The number of hydrogen-bond donors (Lipinski definition) is 2. The molecule has 0 aliphatic heterocycles. The number of methoxy groups -OCH3 is 1. The summed E-state index contributed by atoms with van der Waals surface area (Å²) in [6.07, 6.45) is 9.25. The van der Waals surface area contributed by atoms with Gasteiger partial charge < -0.3 is 25.0 Å². The smallest absolute Gasteiger partial charge is 0.230 e. The second kappa shape index (κ2) is 10.6. The van der Waals surface area contributed by atoms with Crippen molar-refractivity contribution in [3.05, 3.63) is 23.8 Å². The molecular formula is C22H32N4O3. The van der Waals surface area contributed by atoms with Crippen LogP contribution in [0, 0.1) is 17.8 Å². The Kier molecular flexibility index (Phi) is 8.20. The van der Waals surface area contributed by atoms with Crippen molar-refractivity contribution in [3.63, 3.8) is 0 Å². The molecule has 0 bridgehead atoms. The first kappa shape index (κ1) is 22.4. The zero-order valence-corrected chi connectivity index (χ0v) is 17.9. The summed E-state index contributed by atoms with van der Waals surface area (Å²) in [5.74, 6) is 4.54. The lowest BCUT2D eigenvalue weighted by Gasteiger charge is -2.31. The van der Waals surface area contributed by atoms with Gasteiger partial charge in [-0.1, -0.05) is 24.8 Å². The number of terminal acetylenes is 1. The number of aliphatic imine (C=N–C) groups is 1. The van der Waals surface area contributed by atoms with Crippen molar-refractivity contribution in [2.75, 3.05) is 41.4 Å². The molecule has 7 heteroatoms. The molecule has 0 atom stereocenters. The molecule has 7 nitrogen and oxygen atoms in total. The first-order valence-corrected chi connectivity index (χ1v) is 9.85. The third kappa shape index (κ3) is 5.80. The first-order valence-electron chi connectivity index (χ1n) is 9.85. The molecule has 1 aliphatic rings. The van der Waals surface area contributed by atoms with Crippen LogP contribution in [0.25, 0.3) is 0 Å². The molecule has 1 amide bonds. The molecule has 29 heavy (non-hydrogen) atoms. The van der Waals surface area contributed by atoms with Gasteiger partial charge in [0, 0.05) is 34.2 Å². The quantitative estimate of drug-likeness (QED) is 0.397. The maximum Gasteiger partial charge on any atom is 0.230 e. The van der Waals surface area contributed by atoms with Gasteiger partial charge in [-0.3, -0.25) is 9.79 Å². The largest absolute Gasteiger partial charge is 0.493 e. The maximum atomic E-state index is 12.7.